The first-order valence-corrected chi connectivity index (χ1v) is 13.9. The molecule has 0 bridgehead atoms. The lowest BCUT2D eigenvalue weighted by atomic mass is 10.1. The zero-order valence-electron chi connectivity index (χ0n) is 20.9. The highest BCUT2D eigenvalue weighted by atomic mass is 31.2. The normalized spacial score (nSPS) is 19.0. The molecule has 0 amide bonds. The number of unbranched alkanes of at least 4 members (excludes halogenated alkanes) is 4. The van der Waals surface area contributed by atoms with Gasteiger partial charge in [0.1, 0.15) is 6.61 Å². The predicted molar refractivity (Wildman–Crippen MR) is 132 cm³/mol. The number of ether oxygens (including phenoxy) is 3. The van der Waals surface area contributed by atoms with E-state index in [0.717, 1.165) is 25.7 Å². The highest BCUT2D eigenvalue weighted by molar-refractivity contribution is 7.46. The Hall–Kier alpha value is -1.77. The van der Waals surface area contributed by atoms with E-state index in [9.17, 15) is 14.2 Å². The Labute approximate surface area is 208 Å². The van der Waals surface area contributed by atoms with Crippen LogP contribution in [0.4, 0.5) is 0 Å². The number of epoxide rings is 1. The summed E-state index contributed by atoms with van der Waals surface area (Å²) in [7, 11) is -4.73. The van der Waals surface area contributed by atoms with Gasteiger partial charge in [-0.3, -0.25) is 14.1 Å². The summed E-state index contributed by atoms with van der Waals surface area (Å²) in [5, 5.41) is 0. The van der Waals surface area contributed by atoms with Gasteiger partial charge >= 0.3 is 19.8 Å². The molecule has 1 rings (SSSR count). The van der Waals surface area contributed by atoms with Crippen molar-refractivity contribution in [2.75, 3.05) is 13.2 Å². The molecule has 2 N–H and O–H groups in total. The summed E-state index contributed by atoms with van der Waals surface area (Å²) in [5.74, 6) is -1.16. The van der Waals surface area contributed by atoms with E-state index >= 15 is 0 Å². The molecular weight excluding hydrogens is 475 g/mol. The molecule has 35 heavy (non-hydrogen) atoms. The summed E-state index contributed by atoms with van der Waals surface area (Å²) in [5.41, 5.74) is 0. The third kappa shape index (κ3) is 19.1. The summed E-state index contributed by atoms with van der Waals surface area (Å²) >= 11 is 0. The molecule has 1 aliphatic heterocycles. The van der Waals surface area contributed by atoms with Crippen molar-refractivity contribution in [3.8, 4) is 0 Å². The smallest absolute Gasteiger partial charge is 0.462 e. The minimum absolute atomic E-state index is 0.122. The summed E-state index contributed by atoms with van der Waals surface area (Å²) in [6.45, 7) is 2.48. The summed E-state index contributed by atoms with van der Waals surface area (Å²) in [6.07, 6.45) is 21.4. The van der Waals surface area contributed by atoms with E-state index in [1.165, 1.54) is 26.2 Å². The molecule has 200 valence electrons. The number of allylic oxidation sites excluding steroid dienone is 4. The average molecular weight is 517 g/mol. The van der Waals surface area contributed by atoms with Gasteiger partial charge in [-0.25, -0.2) is 4.57 Å². The fraction of sp³-hybridized carbons (Fsp3) is 0.680. The second-order valence-corrected chi connectivity index (χ2v) is 9.66. The lowest BCUT2D eigenvalue weighted by molar-refractivity contribution is -0.160. The van der Waals surface area contributed by atoms with Gasteiger partial charge in [0.25, 0.3) is 0 Å². The lowest BCUT2D eigenvalue weighted by Crippen LogP contribution is -2.29. The summed E-state index contributed by atoms with van der Waals surface area (Å²) in [4.78, 5) is 40.5. The third-order valence-electron chi connectivity index (χ3n) is 5.12. The van der Waals surface area contributed by atoms with Crippen LogP contribution in [0, 0.1) is 0 Å². The topological polar surface area (TPSA) is 132 Å². The number of hydrogen-bond acceptors (Lipinski definition) is 7. The van der Waals surface area contributed by atoms with Crippen molar-refractivity contribution < 1.29 is 42.7 Å². The molecular formula is C25H41O9P. The molecule has 1 saturated heterocycles. The predicted octanol–water partition coefficient (Wildman–Crippen LogP) is 4.93. The maximum atomic E-state index is 12.0. The third-order valence-corrected chi connectivity index (χ3v) is 5.61. The number of carbonyl (C=O) groups is 2. The van der Waals surface area contributed by atoms with Crippen LogP contribution in [0.2, 0.25) is 0 Å². The summed E-state index contributed by atoms with van der Waals surface area (Å²) in [6, 6.07) is 0. The summed E-state index contributed by atoms with van der Waals surface area (Å²) < 4.78 is 30.7. The fourth-order valence-corrected chi connectivity index (χ4v) is 3.55. The Balaban J connectivity index is 2.12. The van der Waals surface area contributed by atoms with Gasteiger partial charge in [-0.05, 0) is 44.9 Å². The first kappa shape index (κ1) is 31.3. The van der Waals surface area contributed by atoms with Crippen LogP contribution in [0.5, 0.6) is 0 Å². The van der Waals surface area contributed by atoms with E-state index in [2.05, 4.69) is 41.8 Å². The Kier molecular flexibility index (Phi) is 16.5. The zero-order chi connectivity index (χ0) is 25.9. The molecule has 0 aromatic rings. The molecule has 0 aromatic heterocycles. The molecule has 2 unspecified atom stereocenters. The molecule has 1 heterocycles. The Morgan fingerprint density at radius 2 is 1.57 bits per heavy atom. The zero-order valence-corrected chi connectivity index (χ0v) is 21.8. The van der Waals surface area contributed by atoms with Crippen molar-refractivity contribution >= 4 is 19.8 Å². The van der Waals surface area contributed by atoms with Gasteiger partial charge in [-0.1, -0.05) is 56.2 Å². The number of phosphoric acid groups is 1. The molecule has 0 spiro atoms. The van der Waals surface area contributed by atoms with Crippen LogP contribution in [0.3, 0.4) is 0 Å². The van der Waals surface area contributed by atoms with Crippen molar-refractivity contribution in [1.82, 2.24) is 0 Å². The molecule has 0 saturated carbocycles. The second-order valence-electron chi connectivity index (χ2n) is 8.42. The molecule has 1 fully saturated rings. The standard InChI is InChI=1S/C25H41O9P/c1-3-4-5-6-7-8-9-10-13-16-23-24(34-23)17-14-11-12-15-18-25(27)33-22(19-31-21(2)26)20-32-35(28,29)30/h7-8,10-11,13-14,22-24H,3-6,9,12,15-20H2,1-2H3,(H2,28,29,30)/b8-7-,13-10-,14-11-/t22-,23?,24?/m1/s1. The highest BCUT2D eigenvalue weighted by Crippen LogP contribution is 2.36. The first-order valence-electron chi connectivity index (χ1n) is 12.3. The first-order chi connectivity index (χ1) is 16.7. The van der Waals surface area contributed by atoms with Crippen LogP contribution in [0.15, 0.2) is 36.5 Å². The maximum Gasteiger partial charge on any atom is 0.469 e. The monoisotopic (exact) mass is 516 g/mol. The van der Waals surface area contributed by atoms with Crippen molar-refractivity contribution in [3.05, 3.63) is 36.5 Å². The Morgan fingerprint density at radius 3 is 2.23 bits per heavy atom. The number of esters is 2. The quantitative estimate of drug-likeness (QED) is 0.0760. The minimum Gasteiger partial charge on any atom is -0.462 e. The van der Waals surface area contributed by atoms with Gasteiger partial charge in [0.2, 0.25) is 0 Å². The maximum absolute atomic E-state index is 12.0. The van der Waals surface area contributed by atoms with Crippen molar-refractivity contribution in [1.29, 1.82) is 0 Å². The molecule has 10 heteroatoms. The van der Waals surface area contributed by atoms with Crippen molar-refractivity contribution in [2.24, 2.45) is 0 Å². The minimum atomic E-state index is -4.73. The van der Waals surface area contributed by atoms with E-state index < -0.39 is 32.5 Å². The lowest BCUT2D eigenvalue weighted by Gasteiger charge is -2.17. The molecule has 9 nitrogen and oxygen atoms in total. The number of carbonyl (C=O) groups excluding carboxylic acids is 2. The Morgan fingerprint density at radius 1 is 0.943 bits per heavy atom. The van der Waals surface area contributed by atoms with Crippen LogP contribution in [0.1, 0.15) is 78.1 Å². The second kappa shape index (κ2) is 18.5. The largest absolute Gasteiger partial charge is 0.469 e. The van der Waals surface area contributed by atoms with Crippen LogP contribution >= 0.6 is 7.82 Å². The Bertz CT molecular complexity index is 741. The van der Waals surface area contributed by atoms with E-state index in [0.29, 0.717) is 12.8 Å². The van der Waals surface area contributed by atoms with Gasteiger partial charge in [0, 0.05) is 13.3 Å². The van der Waals surface area contributed by atoms with E-state index in [-0.39, 0.29) is 25.2 Å². The SMILES string of the molecule is CCCCC/C=C\C/C=C\CC1OC1C/C=C\CCCC(=O)O[C@H](COC(C)=O)COP(=O)(O)O. The average Bonchev–Trinajstić information content (AvgIpc) is 3.54. The van der Waals surface area contributed by atoms with Gasteiger partial charge in [-0.2, -0.15) is 0 Å². The van der Waals surface area contributed by atoms with Crippen LogP contribution in [0.25, 0.3) is 0 Å². The van der Waals surface area contributed by atoms with Gasteiger partial charge in [0.05, 0.1) is 18.8 Å². The van der Waals surface area contributed by atoms with Gasteiger partial charge < -0.3 is 24.0 Å². The molecule has 0 aromatic carbocycles. The fourth-order valence-electron chi connectivity index (χ4n) is 3.19. The molecule has 0 aliphatic carbocycles. The van der Waals surface area contributed by atoms with Crippen LogP contribution < -0.4 is 0 Å². The van der Waals surface area contributed by atoms with Gasteiger partial charge in [0.15, 0.2) is 6.10 Å². The molecule has 0 radical (unpaired) electrons. The van der Waals surface area contributed by atoms with E-state index in [1.807, 2.05) is 6.08 Å². The molecule has 1 aliphatic rings. The molecule has 3 atom stereocenters. The van der Waals surface area contributed by atoms with Crippen LogP contribution in [-0.2, 0) is 32.9 Å². The van der Waals surface area contributed by atoms with Crippen molar-refractivity contribution in [2.45, 2.75) is 96.4 Å². The number of hydrogen-bond donors (Lipinski definition) is 2. The van der Waals surface area contributed by atoms with Crippen LogP contribution in [-0.4, -0.2) is 53.3 Å². The highest BCUT2D eigenvalue weighted by Gasteiger charge is 2.35. The number of phosphoric ester groups is 1. The van der Waals surface area contributed by atoms with Gasteiger partial charge in [-0.15, -0.1) is 0 Å². The number of rotatable bonds is 20. The van der Waals surface area contributed by atoms with E-state index in [4.69, 9.17) is 24.0 Å². The van der Waals surface area contributed by atoms with E-state index in [1.54, 1.807) is 0 Å². The van der Waals surface area contributed by atoms with Crippen molar-refractivity contribution in [3.63, 3.8) is 0 Å².